The van der Waals surface area contributed by atoms with Crippen LogP contribution in [0.5, 0.6) is 11.5 Å². The Morgan fingerprint density at radius 1 is 1.12 bits per heavy atom. The maximum Gasteiger partial charge on any atom is 0.304 e. The number of carbonyl (C=O) groups excluding carboxylic acids is 2. The van der Waals surface area contributed by atoms with Crippen LogP contribution in [0.3, 0.4) is 0 Å². The number of ketones is 1. The zero-order valence-corrected chi connectivity index (χ0v) is 18.6. The normalized spacial score (nSPS) is 22.9. The van der Waals surface area contributed by atoms with E-state index in [9.17, 15) is 14.4 Å². The Hall–Kier alpha value is -3.65. The van der Waals surface area contributed by atoms with E-state index in [4.69, 9.17) is 23.4 Å². The van der Waals surface area contributed by atoms with Crippen molar-refractivity contribution in [1.82, 2.24) is 0 Å². The summed E-state index contributed by atoms with van der Waals surface area (Å²) in [5, 5.41) is 0.115. The van der Waals surface area contributed by atoms with Crippen LogP contribution < -0.4 is 14.9 Å². The largest absolute Gasteiger partial charge is 0.496 e. The molecule has 5 rings (SSSR count). The highest BCUT2D eigenvalue weighted by molar-refractivity contribution is 6.04. The Labute approximate surface area is 189 Å². The van der Waals surface area contributed by atoms with Gasteiger partial charge in [-0.3, -0.25) is 14.4 Å². The average Bonchev–Trinajstić information content (AvgIpc) is 2.98. The van der Waals surface area contributed by atoms with Crippen LogP contribution >= 0.6 is 0 Å². The van der Waals surface area contributed by atoms with Gasteiger partial charge in [-0.1, -0.05) is 30.3 Å². The van der Waals surface area contributed by atoms with E-state index in [0.717, 1.165) is 0 Å². The van der Waals surface area contributed by atoms with Crippen LogP contribution in [0.15, 0.2) is 51.7 Å². The lowest BCUT2D eigenvalue weighted by Crippen LogP contribution is -2.51. The molecule has 0 spiro atoms. The second-order valence-corrected chi connectivity index (χ2v) is 8.58. The molecule has 3 aromatic rings. The molecule has 0 bridgehead atoms. The number of rotatable bonds is 3. The van der Waals surface area contributed by atoms with Crippen molar-refractivity contribution in [3.63, 3.8) is 0 Å². The first kappa shape index (κ1) is 21.2. The molecule has 0 unspecified atom stereocenters. The summed E-state index contributed by atoms with van der Waals surface area (Å²) in [4.78, 5) is 39.2. The molecule has 3 heterocycles. The Morgan fingerprint density at radius 2 is 1.85 bits per heavy atom. The van der Waals surface area contributed by atoms with Gasteiger partial charge in [-0.05, 0) is 13.8 Å². The van der Waals surface area contributed by atoms with Crippen molar-refractivity contribution in [2.45, 2.75) is 38.1 Å². The fraction of sp³-hybridized carbons (Fsp3) is 0.320. The molecule has 170 valence electrons. The minimum absolute atomic E-state index is 0.0350. The maximum absolute atomic E-state index is 13.7. The van der Waals surface area contributed by atoms with Gasteiger partial charge in [-0.2, -0.15) is 0 Å². The SMILES string of the molecule is COc1cc2c(c3oc(-c4ccccc4)cc(=O)c13)[C@]1(OC(C)=O)C(=O)C(C)(C)O[C@@H]1CO2. The number of esters is 1. The molecule has 1 fully saturated rings. The fourth-order valence-corrected chi connectivity index (χ4v) is 4.72. The first-order valence-corrected chi connectivity index (χ1v) is 10.5. The van der Waals surface area contributed by atoms with E-state index >= 15 is 0 Å². The smallest absolute Gasteiger partial charge is 0.304 e. The van der Waals surface area contributed by atoms with Crippen molar-refractivity contribution < 1.29 is 33.0 Å². The molecule has 1 aromatic heterocycles. The average molecular weight is 450 g/mol. The number of fused-ring (bicyclic) bond motifs is 5. The Morgan fingerprint density at radius 3 is 2.52 bits per heavy atom. The van der Waals surface area contributed by atoms with Crippen LogP contribution in [0, 0.1) is 0 Å². The van der Waals surface area contributed by atoms with Crippen molar-refractivity contribution in [2.24, 2.45) is 0 Å². The summed E-state index contributed by atoms with van der Waals surface area (Å²) in [5.41, 5.74) is -2.60. The topological polar surface area (TPSA) is 101 Å². The second-order valence-electron chi connectivity index (χ2n) is 8.58. The Bertz CT molecular complexity index is 1350. The standard InChI is InChI=1S/C25H22O8/c1-13(26)32-25-19(33-24(2,3)23(25)28)12-30-18-11-17(29-4)20-15(27)10-16(31-22(20)21(18)25)14-8-6-5-7-9-14/h5-11,19H,12H2,1-4H3/t19-,25+/m1/s1. The summed E-state index contributed by atoms with van der Waals surface area (Å²) in [6, 6.07) is 11.9. The monoisotopic (exact) mass is 450 g/mol. The minimum atomic E-state index is -1.83. The van der Waals surface area contributed by atoms with Gasteiger partial charge in [0.15, 0.2) is 11.0 Å². The number of Topliss-reactive ketones (excluding diaryl/α,β-unsaturated/α-hetero) is 1. The van der Waals surface area contributed by atoms with Crippen LogP contribution in [-0.2, 0) is 24.7 Å². The van der Waals surface area contributed by atoms with Crippen molar-refractivity contribution in [3.05, 3.63) is 58.3 Å². The molecule has 0 saturated carbocycles. The van der Waals surface area contributed by atoms with E-state index in [1.165, 1.54) is 26.2 Å². The van der Waals surface area contributed by atoms with Gasteiger partial charge >= 0.3 is 5.97 Å². The van der Waals surface area contributed by atoms with Crippen molar-refractivity contribution in [2.75, 3.05) is 13.7 Å². The lowest BCUT2D eigenvalue weighted by Gasteiger charge is -2.37. The molecule has 2 aliphatic rings. The van der Waals surface area contributed by atoms with E-state index in [0.29, 0.717) is 5.56 Å². The molecular formula is C25H22O8. The summed E-state index contributed by atoms with van der Waals surface area (Å²) in [6.45, 7) is 4.40. The van der Waals surface area contributed by atoms with Crippen LogP contribution in [0.25, 0.3) is 22.3 Å². The third-order valence-electron chi connectivity index (χ3n) is 6.05. The molecule has 0 amide bonds. The molecule has 8 nitrogen and oxygen atoms in total. The number of methoxy groups -OCH3 is 1. The molecule has 0 radical (unpaired) electrons. The third-order valence-corrected chi connectivity index (χ3v) is 6.05. The minimum Gasteiger partial charge on any atom is -0.496 e. The van der Waals surface area contributed by atoms with Crippen molar-refractivity contribution >= 4 is 22.7 Å². The summed E-state index contributed by atoms with van der Waals surface area (Å²) in [6.07, 6.45) is -0.918. The molecular weight excluding hydrogens is 428 g/mol. The summed E-state index contributed by atoms with van der Waals surface area (Å²) >= 11 is 0. The number of ether oxygens (including phenoxy) is 4. The van der Waals surface area contributed by atoms with Gasteiger partial charge in [0.05, 0.1) is 12.7 Å². The van der Waals surface area contributed by atoms with Gasteiger partial charge in [0, 0.05) is 24.6 Å². The van der Waals surface area contributed by atoms with Gasteiger partial charge in [0.1, 0.15) is 41.0 Å². The quantitative estimate of drug-likeness (QED) is 0.560. The summed E-state index contributed by atoms with van der Waals surface area (Å²) < 4.78 is 29.3. The highest BCUT2D eigenvalue weighted by Crippen LogP contribution is 2.53. The van der Waals surface area contributed by atoms with E-state index in [-0.39, 0.29) is 45.8 Å². The Kier molecular flexibility index (Phi) is 4.61. The molecule has 0 aliphatic carbocycles. The van der Waals surface area contributed by atoms with Crippen LogP contribution in [-0.4, -0.2) is 37.2 Å². The highest BCUT2D eigenvalue weighted by atomic mass is 16.6. The molecule has 8 heteroatoms. The molecule has 2 aromatic carbocycles. The lowest BCUT2D eigenvalue weighted by atomic mass is 9.79. The Balaban J connectivity index is 1.92. The fourth-order valence-electron chi connectivity index (χ4n) is 4.72. The number of hydrogen-bond acceptors (Lipinski definition) is 8. The summed E-state index contributed by atoms with van der Waals surface area (Å²) in [7, 11) is 1.42. The first-order valence-electron chi connectivity index (χ1n) is 10.5. The second kappa shape index (κ2) is 7.18. The first-order chi connectivity index (χ1) is 15.7. The van der Waals surface area contributed by atoms with Crippen LogP contribution in [0.2, 0.25) is 0 Å². The zero-order chi connectivity index (χ0) is 23.5. The predicted molar refractivity (Wildman–Crippen MR) is 117 cm³/mol. The van der Waals surface area contributed by atoms with Gasteiger partial charge in [0.25, 0.3) is 0 Å². The van der Waals surface area contributed by atoms with Gasteiger partial charge in [0.2, 0.25) is 11.4 Å². The molecule has 33 heavy (non-hydrogen) atoms. The van der Waals surface area contributed by atoms with Crippen LogP contribution in [0.1, 0.15) is 26.3 Å². The molecule has 0 N–H and O–H groups in total. The molecule has 1 saturated heterocycles. The maximum atomic E-state index is 13.7. The van der Waals surface area contributed by atoms with E-state index in [1.54, 1.807) is 26.0 Å². The molecule has 2 atom stereocenters. The van der Waals surface area contributed by atoms with Crippen molar-refractivity contribution in [3.8, 4) is 22.8 Å². The number of benzene rings is 2. The number of carbonyl (C=O) groups is 2. The van der Waals surface area contributed by atoms with Gasteiger partial charge in [-0.15, -0.1) is 0 Å². The van der Waals surface area contributed by atoms with Crippen LogP contribution in [0.4, 0.5) is 0 Å². The van der Waals surface area contributed by atoms with Gasteiger partial charge in [-0.25, -0.2) is 0 Å². The number of hydrogen-bond donors (Lipinski definition) is 0. The molecule has 2 aliphatic heterocycles. The van der Waals surface area contributed by atoms with E-state index in [2.05, 4.69) is 0 Å². The predicted octanol–water partition coefficient (Wildman–Crippen LogP) is 3.37. The third kappa shape index (κ3) is 2.97. The highest BCUT2D eigenvalue weighted by Gasteiger charge is 2.67. The lowest BCUT2D eigenvalue weighted by molar-refractivity contribution is -0.174. The summed E-state index contributed by atoms with van der Waals surface area (Å²) in [5.74, 6) is -0.402. The van der Waals surface area contributed by atoms with E-state index in [1.807, 2.05) is 18.2 Å². The van der Waals surface area contributed by atoms with Gasteiger partial charge < -0.3 is 23.4 Å². The zero-order valence-electron chi connectivity index (χ0n) is 18.6. The van der Waals surface area contributed by atoms with E-state index < -0.39 is 29.1 Å². The van der Waals surface area contributed by atoms with Crippen molar-refractivity contribution in [1.29, 1.82) is 0 Å².